The van der Waals surface area contributed by atoms with Gasteiger partial charge < -0.3 is 24.4 Å². The molecule has 6 nitrogen and oxygen atoms in total. The van der Waals surface area contributed by atoms with Gasteiger partial charge in [0, 0.05) is 13.2 Å². The smallest absolute Gasteiger partial charge is 0.226 e. The van der Waals surface area contributed by atoms with Gasteiger partial charge in [-0.05, 0) is 88.3 Å². The number of methoxy groups -OCH3 is 3. The second kappa shape index (κ2) is 11.4. The zero-order valence-electron chi connectivity index (χ0n) is 21.6. The van der Waals surface area contributed by atoms with Gasteiger partial charge in [0.15, 0.2) is 0 Å². The molecule has 0 aromatic heterocycles. The van der Waals surface area contributed by atoms with E-state index in [0.29, 0.717) is 6.42 Å². The normalized spacial score (nSPS) is 23.6. The molecule has 4 rings (SSSR count). The van der Waals surface area contributed by atoms with Crippen LogP contribution in [0.1, 0.15) is 44.1 Å². The molecular weight excluding hydrogens is 440 g/mol. The molecule has 0 unspecified atom stereocenters. The van der Waals surface area contributed by atoms with Gasteiger partial charge in [-0.2, -0.15) is 0 Å². The molecular formula is C29H40N2O4. The van der Waals surface area contributed by atoms with Crippen LogP contribution in [0.2, 0.25) is 0 Å². The van der Waals surface area contributed by atoms with Gasteiger partial charge in [0.25, 0.3) is 0 Å². The summed E-state index contributed by atoms with van der Waals surface area (Å²) in [6.45, 7) is 2.07. The third-order valence-corrected chi connectivity index (χ3v) is 7.94. The highest BCUT2D eigenvalue weighted by Crippen LogP contribution is 2.43. The summed E-state index contributed by atoms with van der Waals surface area (Å²) in [7, 11) is 7.28. The zero-order chi connectivity index (χ0) is 24.8. The molecule has 0 bridgehead atoms. The van der Waals surface area contributed by atoms with Crippen LogP contribution in [0.4, 0.5) is 0 Å². The lowest BCUT2D eigenvalue weighted by molar-refractivity contribution is -0.135. The molecule has 2 aromatic rings. The number of nitrogens with zero attached hydrogens (tertiary/aromatic N) is 1. The molecule has 1 saturated heterocycles. The molecule has 1 saturated carbocycles. The first kappa shape index (κ1) is 25.5. The van der Waals surface area contributed by atoms with Gasteiger partial charge in [-0.3, -0.25) is 4.79 Å². The van der Waals surface area contributed by atoms with Crippen molar-refractivity contribution in [2.45, 2.75) is 57.1 Å². The molecule has 1 aliphatic heterocycles. The lowest BCUT2D eigenvalue weighted by Crippen LogP contribution is -2.51. The van der Waals surface area contributed by atoms with E-state index in [1.54, 1.807) is 21.3 Å². The highest BCUT2D eigenvalue weighted by molar-refractivity contribution is 5.84. The van der Waals surface area contributed by atoms with E-state index in [9.17, 15) is 4.79 Å². The van der Waals surface area contributed by atoms with Crippen LogP contribution in [0.15, 0.2) is 42.5 Å². The fourth-order valence-electron chi connectivity index (χ4n) is 5.72. The Morgan fingerprint density at radius 1 is 0.971 bits per heavy atom. The Bertz CT molecular complexity index is 970. The van der Waals surface area contributed by atoms with E-state index in [-0.39, 0.29) is 18.1 Å². The minimum Gasteiger partial charge on any atom is -0.496 e. The molecule has 1 amide bonds. The predicted octanol–water partition coefficient (Wildman–Crippen LogP) is 4.70. The number of carbonyl (C=O) groups is 1. The van der Waals surface area contributed by atoms with Crippen molar-refractivity contribution in [2.24, 2.45) is 5.41 Å². The number of hydrogen-bond acceptors (Lipinski definition) is 5. The fourth-order valence-corrected chi connectivity index (χ4v) is 5.72. The number of nitrogens with one attached hydrogen (secondary N) is 1. The molecule has 0 spiro atoms. The Labute approximate surface area is 209 Å². The van der Waals surface area contributed by atoms with Gasteiger partial charge in [-0.15, -0.1) is 0 Å². The second-order valence-electron chi connectivity index (χ2n) is 10.2. The van der Waals surface area contributed by atoms with E-state index < -0.39 is 5.41 Å². The van der Waals surface area contributed by atoms with Crippen molar-refractivity contribution in [3.8, 4) is 22.6 Å². The summed E-state index contributed by atoms with van der Waals surface area (Å²) in [6, 6.07) is 14.6. The number of ether oxygens (including phenoxy) is 3. The van der Waals surface area contributed by atoms with E-state index in [4.69, 9.17) is 14.2 Å². The van der Waals surface area contributed by atoms with Gasteiger partial charge in [0.2, 0.25) is 5.91 Å². The lowest BCUT2D eigenvalue weighted by atomic mass is 9.68. The number of benzene rings is 2. The van der Waals surface area contributed by atoms with Crippen molar-refractivity contribution < 1.29 is 19.0 Å². The van der Waals surface area contributed by atoms with E-state index in [1.807, 2.05) is 18.2 Å². The molecule has 0 radical (unpaired) electrons. The first-order chi connectivity index (χ1) is 17.0. The van der Waals surface area contributed by atoms with Gasteiger partial charge in [0.05, 0.1) is 31.3 Å². The molecule has 1 aliphatic carbocycles. The van der Waals surface area contributed by atoms with Crippen LogP contribution in [-0.2, 0) is 16.0 Å². The summed E-state index contributed by atoms with van der Waals surface area (Å²) in [4.78, 5) is 16.2. The summed E-state index contributed by atoms with van der Waals surface area (Å²) >= 11 is 0. The summed E-state index contributed by atoms with van der Waals surface area (Å²) in [5.41, 5.74) is 2.72. The van der Waals surface area contributed by atoms with Crippen molar-refractivity contribution in [2.75, 3.05) is 41.5 Å². The SMILES string of the molecule is COc1cccc(OC)c1-c1cccc(CC2(C(=O)NC3CCN(C)CC3)CCC(OC)CC2)c1. The molecule has 2 aromatic carbocycles. The molecule has 6 heteroatoms. The molecule has 2 aliphatic rings. The Morgan fingerprint density at radius 3 is 2.20 bits per heavy atom. The number of likely N-dealkylation sites (tertiary alicyclic amines) is 1. The van der Waals surface area contributed by atoms with Crippen molar-refractivity contribution in [3.63, 3.8) is 0 Å². The summed E-state index contributed by atoms with van der Waals surface area (Å²) in [5.74, 6) is 1.76. The third-order valence-electron chi connectivity index (χ3n) is 7.94. The van der Waals surface area contributed by atoms with Crippen molar-refractivity contribution in [1.29, 1.82) is 0 Å². The van der Waals surface area contributed by atoms with Gasteiger partial charge in [-0.25, -0.2) is 0 Å². The van der Waals surface area contributed by atoms with Gasteiger partial charge in [-0.1, -0.05) is 30.3 Å². The van der Waals surface area contributed by atoms with Crippen LogP contribution in [-0.4, -0.2) is 64.4 Å². The molecule has 190 valence electrons. The van der Waals surface area contributed by atoms with Gasteiger partial charge in [0.1, 0.15) is 11.5 Å². The van der Waals surface area contributed by atoms with Crippen LogP contribution in [0, 0.1) is 5.41 Å². The van der Waals surface area contributed by atoms with E-state index in [2.05, 4.69) is 41.5 Å². The average molecular weight is 481 g/mol. The molecule has 0 atom stereocenters. The van der Waals surface area contributed by atoms with E-state index in [1.165, 1.54) is 0 Å². The molecule has 2 fully saturated rings. The van der Waals surface area contributed by atoms with E-state index >= 15 is 0 Å². The number of hydrogen-bond donors (Lipinski definition) is 1. The Morgan fingerprint density at radius 2 is 1.60 bits per heavy atom. The summed E-state index contributed by atoms with van der Waals surface area (Å²) < 4.78 is 16.9. The van der Waals surface area contributed by atoms with E-state index in [0.717, 1.165) is 79.8 Å². The minimum atomic E-state index is -0.415. The predicted molar refractivity (Wildman–Crippen MR) is 139 cm³/mol. The van der Waals surface area contributed by atoms with Gasteiger partial charge >= 0.3 is 0 Å². The topological polar surface area (TPSA) is 60.0 Å². The summed E-state index contributed by atoms with van der Waals surface area (Å²) in [5, 5.41) is 3.44. The lowest BCUT2D eigenvalue weighted by Gasteiger charge is -2.40. The van der Waals surface area contributed by atoms with Crippen molar-refractivity contribution >= 4 is 5.91 Å². The van der Waals surface area contributed by atoms with Crippen LogP contribution in [0.25, 0.3) is 11.1 Å². The molecule has 35 heavy (non-hydrogen) atoms. The number of amides is 1. The largest absolute Gasteiger partial charge is 0.496 e. The maximum absolute atomic E-state index is 13.8. The standard InChI is InChI=1S/C29H40N2O4/c1-31-17-13-23(14-18-31)30-28(32)29(15-11-24(33-2)12-16-29)20-21-7-5-8-22(19-21)27-25(34-3)9-6-10-26(27)35-4/h5-10,19,23-24H,11-18,20H2,1-4H3,(H,30,32). The Hall–Kier alpha value is -2.57. The van der Waals surface area contributed by atoms with Crippen LogP contribution >= 0.6 is 0 Å². The zero-order valence-corrected chi connectivity index (χ0v) is 21.6. The first-order valence-corrected chi connectivity index (χ1v) is 12.8. The number of piperidine rings is 1. The maximum Gasteiger partial charge on any atom is 0.226 e. The Kier molecular flexibility index (Phi) is 8.34. The fraction of sp³-hybridized carbons (Fsp3) is 0.552. The molecule has 1 N–H and O–H groups in total. The number of rotatable bonds is 8. The highest BCUT2D eigenvalue weighted by Gasteiger charge is 2.42. The average Bonchev–Trinajstić information content (AvgIpc) is 2.90. The number of carbonyl (C=O) groups excluding carboxylic acids is 1. The minimum absolute atomic E-state index is 0.210. The quantitative estimate of drug-likeness (QED) is 0.594. The maximum atomic E-state index is 13.8. The summed E-state index contributed by atoms with van der Waals surface area (Å²) in [6.07, 6.45) is 6.49. The first-order valence-electron chi connectivity index (χ1n) is 12.8. The van der Waals surface area contributed by atoms with Crippen molar-refractivity contribution in [1.82, 2.24) is 10.2 Å². The van der Waals surface area contributed by atoms with Crippen LogP contribution in [0.3, 0.4) is 0 Å². The molecule has 1 heterocycles. The third kappa shape index (κ3) is 5.81. The van der Waals surface area contributed by atoms with Crippen LogP contribution < -0.4 is 14.8 Å². The highest BCUT2D eigenvalue weighted by atomic mass is 16.5. The van der Waals surface area contributed by atoms with Crippen molar-refractivity contribution in [3.05, 3.63) is 48.0 Å². The Balaban J connectivity index is 1.60. The second-order valence-corrected chi connectivity index (χ2v) is 10.2. The monoisotopic (exact) mass is 480 g/mol. The van der Waals surface area contributed by atoms with Crippen LogP contribution in [0.5, 0.6) is 11.5 Å².